The minimum absolute atomic E-state index is 0.123. The number of alkyl halides is 3. The number of benzene rings is 2. The van der Waals surface area contributed by atoms with Crippen molar-refractivity contribution < 1.29 is 32.2 Å². The highest BCUT2D eigenvalue weighted by molar-refractivity contribution is 7.99. The van der Waals surface area contributed by atoms with E-state index in [4.69, 9.17) is 21.1 Å². The number of ether oxygens (including phenoxy) is 2. The lowest BCUT2D eigenvalue weighted by Crippen LogP contribution is -2.23. The lowest BCUT2D eigenvalue weighted by atomic mass is 10.1. The summed E-state index contributed by atoms with van der Waals surface area (Å²) >= 11 is 7.26. The molecule has 0 aliphatic carbocycles. The number of thioether (sulfide) groups is 1. The van der Waals surface area contributed by atoms with Crippen LogP contribution in [0.4, 0.5) is 18.9 Å². The Bertz CT molecular complexity index is 948. The van der Waals surface area contributed by atoms with Gasteiger partial charge in [0.15, 0.2) is 6.61 Å². The van der Waals surface area contributed by atoms with Gasteiger partial charge in [0.25, 0.3) is 5.91 Å². The monoisotopic (exact) mass is 473 g/mol. The van der Waals surface area contributed by atoms with E-state index in [-0.39, 0.29) is 16.7 Å². The molecule has 166 valence electrons. The zero-order chi connectivity index (χ0) is 22.4. The maximum atomic E-state index is 13.1. The summed E-state index contributed by atoms with van der Waals surface area (Å²) in [6.45, 7) is -0.0302. The molecule has 1 N–H and O–H groups in total. The van der Waals surface area contributed by atoms with Crippen LogP contribution in [0.25, 0.3) is 0 Å². The van der Waals surface area contributed by atoms with Crippen molar-refractivity contribution in [2.24, 2.45) is 0 Å². The maximum absolute atomic E-state index is 13.1. The number of anilines is 1. The van der Waals surface area contributed by atoms with Gasteiger partial charge in [-0.2, -0.15) is 13.2 Å². The van der Waals surface area contributed by atoms with E-state index in [1.54, 1.807) is 24.3 Å². The van der Waals surface area contributed by atoms with E-state index in [0.717, 1.165) is 31.6 Å². The fourth-order valence-electron chi connectivity index (χ4n) is 2.99. The molecule has 2 aromatic carbocycles. The Balaban J connectivity index is 1.61. The number of halogens is 4. The van der Waals surface area contributed by atoms with Gasteiger partial charge in [0.2, 0.25) is 0 Å². The fraction of sp³-hybridized carbons (Fsp3) is 0.333. The van der Waals surface area contributed by atoms with Gasteiger partial charge in [-0.3, -0.25) is 4.79 Å². The molecule has 5 nitrogen and oxygen atoms in total. The van der Waals surface area contributed by atoms with Crippen molar-refractivity contribution in [2.45, 2.75) is 30.0 Å². The molecule has 1 amide bonds. The molecule has 1 aliphatic heterocycles. The minimum atomic E-state index is -4.70. The molecule has 1 unspecified atom stereocenters. The highest BCUT2D eigenvalue weighted by Crippen LogP contribution is 2.38. The van der Waals surface area contributed by atoms with Gasteiger partial charge in [-0.25, -0.2) is 4.79 Å². The van der Waals surface area contributed by atoms with E-state index in [1.807, 2.05) is 0 Å². The smallest absolute Gasteiger partial charge is 0.418 e. The van der Waals surface area contributed by atoms with Crippen molar-refractivity contribution >= 4 is 40.9 Å². The summed E-state index contributed by atoms with van der Waals surface area (Å²) in [5, 5.41) is 1.81. The summed E-state index contributed by atoms with van der Waals surface area (Å²) in [5.74, 6) is -1.01. The van der Waals surface area contributed by atoms with Crippen molar-refractivity contribution in [1.29, 1.82) is 0 Å². The summed E-state index contributed by atoms with van der Waals surface area (Å²) in [5.41, 5.74) is -1.40. The third-order valence-electron chi connectivity index (χ3n) is 4.47. The van der Waals surface area contributed by atoms with E-state index in [1.165, 1.54) is 17.8 Å². The van der Waals surface area contributed by atoms with Gasteiger partial charge < -0.3 is 14.8 Å². The van der Waals surface area contributed by atoms with E-state index in [2.05, 4.69) is 5.32 Å². The summed E-state index contributed by atoms with van der Waals surface area (Å²) in [7, 11) is 0. The van der Waals surface area contributed by atoms with E-state index >= 15 is 0 Å². The Labute approximate surface area is 186 Å². The standard InChI is InChI=1S/C21H19ClF3NO4S/c22-16-8-3-7-15(21(23,24)25)19(16)26-18(27)11-30-20(28)14-6-1-2-9-17(14)31-12-13-5-4-10-29-13/h1-3,6-9,13H,4-5,10-12H2,(H,26,27). The molecular weight excluding hydrogens is 455 g/mol. The van der Waals surface area contributed by atoms with Gasteiger partial charge in [0.1, 0.15) is 0 Å². The van der Waals surface area contributed by atoms with E-state index < -0.39 is 35.9 Å². The second-order valence-corrected chi connectivity index (χ2v) is 8.20. The molecule has 0 aromatic heterocycles. The first-order valence-electron chi connectivity index (χ1n) is 9.42. The van der Waals surface area contributed by atoms with Crippen molar-refractivity contribution in [3.8, 4) is 0 Å². The summed E-state index contributed by atoms with van der Waals surface area (Å²) in [6.07, 6.45) is -2.62. The zero-order valence-corrected chi connectivity index (χ0v) is 17.8. The van der Waals surface area contributed by atoms with Crippen LogP contribution in [0, 0.1) is 0 Å². The molecule has 1 aliphatic rings. The number of carbonyl (C=O) groups is 2. The Morgan fingerprint density at radius 3 is 2.68 bits per heavy atom. The first-order valence-corrected chi connectivity index (χ1v) is 10.8. The van der Waals surface area contributed by atoms with Gasteiger partial charge in [-0.1, -0.05) is 29.8 Å². The number of hydrogen-bond donors (Lipinski definition) is 1. The number of carbonyl (C=O) groups excluding carboxylic acids is 2. The van der Waals surface area contributed by atoms with Crippen LogP contribution >= 0.6 is 23.4 Å². The molecule has 1 saturated heterocycles. The van der Waals surface area contributed by atoms with Gasteiger partial charge in [0.05, 0.1) is 27.9 Å². The molecule has 10 heteroatoms. The maximum Gasteiger partial charge on any atom is 0.418 e. The molecular formula is C21H19ClF3NO4S. The topological polar surface area (TPSA) is 64.6 Å². The predicted octanol–water partition coefficient (Wildman–Crippen LogP) is 5.43. The average molecular weight is 474 g/mol. The lowest BCUT2D eigenvalue weighted by Gasteiger charge is -2.15. The van der Waals surface area contributed by atoms with Gasteiger partial charge >= 0.3 is 12.1 Å². The molecule has 1 heterocycles. The Morgan fingerprint density at radius 2 is 1.97 bits per heavy atom. The normalized spacial score (nSPS) is 16.2. The first kappa shape index (κ1) is 23.4. The van der Waals surface area contributed by atoms with Crippen LogP contribution in [0.1, 0.15) is 28.8 Å². The SMILES string of the molecule is O=C(COC(=O)c1ccccc1SCC1CCCO1)Nc1c(Cl)cccc1C(F)(F)F. The molecule has 0 spiro atoms. The molecule has 1 atom stereocenters. The van der Waals surface area contributed by atoms with Crippen LogP contribution in [0.5, 0.6) is 0 Å². The first-order chi connectivity index (χ1) is 14.8. The van der Waals surface area contributed by atoms with Crippen LogP contribution in [0.3, 0.4) is 0 Å². The quantitative estimate of drug-likeness (QED) is 0.429. The van der Waals surface area contributed by atoms with Crippen LogP contribution in [-0.2, 0) is 20.4 Å². The molecule has 0 radical (unpaired) electrons. The molecule has 3 rings (SSSR count). The lowest BCUT2D eigenvalue weighted by molar-refractivity contribution is -0.137. The molecule has 0 bridgehead atoms. The highest BCUT2D eigenvalue weighted by atomic mass is 35.5. The van der Waals surface area contributed by atoms with Gasteiger partial charge in [-0.05, 0) is 37.1 Å². The molecule has 2 aromatic rings. The van der Waals surface area contributed by atoms with Crippen molar-refractivity contribution in [3.05, 3.63) is 58.6 Å². The Kier molecular flexibility index (Phi) is 7.85. The summed E-state index contributed by atoms with van der Waals surface area (Å²) in [4.78, 5) is 25.3. The number of hydrogen-bond acceptors (Lipinski definition) is 5. The minimum Gasteiger partial charge on any atom is -0.452 e. The molecule has 0 saturated carbocycles. The number of esters is 1. The van der Waals surface area contributed by atoms with E-state index in [0.29, 0.717) is 10.6 Å². The summed E-state index contributed by atoms with van der Waals surface area (Å²) in [6, 6.07) is 9.91. The van der Waals surface area contributed by atoms with Crippen LogP contribution in [0.2, 0.25) is 5.02 Å². The predicted molar refractivity (Wildman–Crippen MR) is 112 cm³/mol. The van der Waals surface area contributed by atoms with Crippen molar-refractivity contribution in [3.63, 3.8) is 0 Å². The second-order valence-electron chi connectivity index (χ2n) is 6.73. The van der Waals surface area contributed by atoms with Gasteiger partial charge in [0, 0.05) is 17.3 Å². The molecule has 31 heavy (non-hydrogen) atoms. The van der Waals surface area contributed by atoms with Crippen LogP contribution in [0.15, 0.2) is 47.4 Å². The second kappa shape index (κ2) is 10.4. The Morgan fingerprint density at radius 1 is 1.19 bits per heavy atom. The largest absolute Gasteiger partial charge is 0.452 e. The van der Waals surface area contributed by atoms with Crippen molar-refractivity contribution in [2.75, 3.05) is 24.3 Å². The number of rotatable bonds is 7. The van der Waals surface area contributed by atoms with Crippen LogP contribution in [-0.4, -0.2) is 36.9 Å². The molecule has 1 fully saturated rings. The van der Waals surface area contributed by atoms with Gasteiger partial charge in [-0.15, -0.1) is 11.8 Å². The van der Waals surface area contributed by atoms with E-state index in [9.17, 15) is 22.8 Å². The summed E-state index contributed by atoms with van der Waals surface area (Å²) < 4.78 is 50.0. The van der Waals surface area contributed by atoms with Crippen LogP contribution < -0.4 is 5.32 Å². The fourth-order valence-corrected chi connectivity index (χ4v) is 4.32. The zero-order valence-electron chi connectivity index (χ0n) is 16.2. The number of para-hydroxylation sites is 1. The number of nitrogens with one attached hydrogen (secondary N) is 1. The average Bonchev–Trinajstić information content (AvgIpc) is 3.25. The third kappa shape index (κ3) is 6.38. The number of amides is 1. The Hall–Kier alpha value is -2.23. The third-order valence-corrected chi connectivity index (χ3v) is 5.99. The highest BCUT2D eigenvalue weighted by Gasteiger charge is 2.35. The van der Waals surface area contributed by atoms with Crippen molar-refractivity contribution in [1.82, 2.24) is 0 Å².